The molecule has 0 bridgehead atoms. The number of nitrogens with zero attached hydrogens (tertiary/aromatic N) is 1. The van der Waals surface area contributed by atoms with Crippen LogP contribution in [0.5, 0.6) is 0 Å². The van der Waals surface area contributed by atoms with Crippen LogP contribution in [0.4, 0.5) is 4.39 Å². The lowest BCUT2D eigenvalue weighted by molar-refractivity contribution is 0.345. The Morgan fingerprint density at radius 3 is 3.00 bits per heavy atom. The van der Waals surface area contributed by atoms with Gasteiger partial charge in [0.05, 0.1) is 0 Å². The second-order valence-corrected chi connectivity index (χ2v) is 5.98. The highest BCUT2D eigenvalue weighted by Gasteiger charge is 2.45. The second-order valence-electron chi connectivity index (χ2n) is 5.98. The van der Waals surface area contributed by atoms with E-state index in [4.69, 9.17) is 5.73 Å². The van der Waals surface area contributed by atoms with Gasteiger partial charge in [-0.25, -0.2) is 4.39 Å². The van der Waals surface area contributed by atoms with Crippen LogP contribution in [0.1, 0.15) is 41.1 Å². The van der Waals surface area contributed by atoms with Crippen molar-refractivity contribution in [3.05, 3.63) is 64.7 Å². The molecule has 2 nitrogen and oxygen atoms in total. The Kier molecular flexibility index (Phi) is 2.48. The molecule has 2 aromatic rings. The van der Waals surface area contributed by atoms with E-state index in [0.29, 0.717) is 0 Å². The number of aryl methyl sites for hydroxylation is 2. The van der Waals surface area contributed by atoms with E-state index in [0.717, 1.165) is 42.5 Å². The van der Waals surface area contributed by atoms with Crippen LogP contribution in [-0.2, 0) is 18.4 Å². The molecule has 20 heavy (non-hydrogen) atoms. The van der Waals surface area contributed by atoms with E-state index in [9.17, 15) is 4.39 Å². The molecule has 3 heteroatoms. The highest BCUT2D eigenvalue weighted by atomic mass is 19.1. The standard InChI is InChI=1S/C17H17FN2/c18-13-4-6-14-12(10-13)7-8-17(14,19)15-5-3-11-2-1-9-20-16(11)15/h1-2,4,6,9-10,15H,3,5,7-8,19H2. The average Bonchev–Trinajstić information content (AvgIpc) is 3.01. The monoisotopic (exact) mass is 268 g/mol. The molecule has 0 spiro atoms. The Bertz CT molecular complexity index is 682. The van der Waals surface area contributed by atoms with Crippen LogP contribution in [-0.4, -0.2) is 4.98 Å². The summed E-state index contributed by atoms with van der Waals surface area (Å²) in [7, 11) is 0. The van der Waals surface area contributed by atoms with Crippen molar-refractivity contribution in [2.75, 3.05) is 0 Å². The maximum Gasteiger partial charge on any atom is 0.123 e. The smallest absolute Gasteiger partial charge is 0.123 e. The summed E-state index contributed by atoms with van der Waals surface area (Å²) >= 11 is 0. The van der Waals surface area contributed by atoms with Crippen LogP contribution in [0.2, 0.25) is 0 Å². The fraction of sp³-hybridized carbons (Fsp3) is 0.353. The molecule has 1 aromatic heterocycles. The van der Waals surface area contributed by atoms with Gasteiger partial charge in [-0.15, -0.1) is 0 Å². The number of fused-ring (bicyclic) bond motifs is 2. The molecule has 0 aliphatic heterocycles. The third-order valence-electron chi connectivity index (χ3n) is 4.96. The third-order valence-corrected chi connectivity index (χ3v) is 4.96. The van der Waals surface area contributed by atoms with Gasteiger partial charge < -0.3 is 5.73 Å². The summed E-state index contributed by atoms with van der Waals surface area (Å²) in [4.78, 5) is 4.57. The molecule has 2 unspecified atom stereocenters. The molecule has 0 saturated heterocycles. The summed E-state index contributed by atoms with van der Waals surface area (Å²) in [5.74, 6) is 0.0864. The fourth-order valence-corrected chi connectivity index (χ4v) is 3.98. The second kappa shape index (κ2) is 4.13. The van der Waals surface area contributed by atoms with E-state index in [1.54, 1.807) is 6.07 Å². The van der Waals surface area contributed by atoms with Crippen LogP contribution in [0.15, 0.2) is 36.5 Å². The number of aromatic nitrogens is 1. The van der Waals surface area contributed by atoms with Crippen molar-refractivity contribution in [1.82, 2.24) is 4.98 Å². The quantitative estimate of drug-likeness (QED) is 0.863. The zero-order chi connectivity index (χ0) is 13.7. The van der Waals surface area contributed by atoms with Gasteiger partial charge in [-0.2, -0.15) is 0 Å². The van der Waals surface area contributed by atoms with Crippen molar-refractivity contribution < 1.29 is 4.39 Å². The van der Waals surface area contributed by atoms with Crippen LogP contribution >= 0.6 is 0 Å². The molecule has 0 radical (unpaired) electrons. The molecular weight excluding hydrogens is 251 g/mol. The van der Waals surface area contributed by atoms with Crippen molar-refractivity contribution in [2.45, 2.75) is 37.1 Å². The number of nitrogens with two attached hydrogens (primary N) is 1. The van der Waals surface area contributed by atoms with Crippen molar-refractivity contribution >= 4 is 0 Å². The molecule has 2 aliphatic rings. The highest BCUT2D eigenvalue weighted by molar-refractivity contribution is 5.44. The minimum Gasteiger partial charge on any atom is -0.321 e. The maximum atomic E-state index is 13.4. The van der Waals surface area contributed by atoms with Gasteiger partial charge in [0.2, 0.25) is 0 Å². The molecule has 4 rings (SSSR count). The lowest BCUT2D eigenvalue weighted by Gasteiger charge is -2.32. The lowest BCUT2D eigenvalue weighted by atomic mass is 9.78. The van der Waals surface area contributed by atoms with Crippen LogP contribution in [0, 0.1) is 5.82 Å². The van der Waals surface area contributed by atoms with Gasteiger partial charge in [0.25, 0.3) is 0 Å². The van der Waals surface area contributed by atoms with Crippen molar-refractivity contribution in [3.8, 4) is 0 Å². The van der Waals surface area contributed by atoms with E-state index in [1.165, 1.54) is 11.6 Å². The van der Waals surface area contributed by atoms with Gasteiger partial charge in [-0.05, 0) is 60.6 Å². The third kappa shape index (κ3) is 1.56. The molecular formula is C17H17FN2. The number of benzene rings is 1. The van der Waals surface area contributed by atoms with Crippen molar-refractivity contribution in [2.24, 2.45) is 5.73 Å². The van der Waals surface area contributed by atoms with Crippen LogP contribution < -0.4 is 5.73 Å². The predicted molar refractivity (Wildman–Crippen MR) is 75.9 cm³/mol. The van der Waals surface area contributed by atoms with Gasteiger partial charge in [0.1, 0.15) is 5.82 Å². The van der Waals surface area contributed by atoms with Crippen LogP contribution in [0.3, 0.4) is 0 Å². The molecule has 0 saturated carbocycles. The number of hydrogen-bond acceptors (Lipinski definition) is 2. The summed E-state index contributed by atoms with van der Waals surface area (Å²) in [6, 6.07) is 9.17. The maximum absolute atomic E-state index is 13.4. The minimum atomic E-state index is -0.386. The van der Waals surface area contributed by atoms with Crippen LogP contribution in [0.25, 0.3) is 0 Å². The highest BCUT2D eigenvalue weighted by Crippen LogP contribution is 2.49. The van der Waals surface area contributed by atoms with Gasteiger partial charge >= 0.3 is 0 Å². The van der Waals surface area contributed by atoms with Crippen molar-refractivity contribution in [1.29, 1.82) is 0 Å². The van der Waals surface area contributed by atoms with Gasteiger partial charge in [-0.1, -0.05) is 12.1 Å². The van der Waals surface area contributed by atoms with Gasteiger partial charge in [0.15, 0.2) is 0 Å². The Balaban J connectivity index is 1.81. The Morgan fingerprint density at radius 2 is 2.10 bits per heavy atom. The molecule has 102 valence electrons. The predicted octanol–water partition coefficient (Wildman–Crippen LogP) is 3.05. The SMILES string of the molecule is NC1(C2CCc3cccnc32)CCc2cc(F)ccc21. The largest absolute Gasteiger partial charge is 0.321 e. The summed E-state index contributed by atoms with van der Waals surface area (Å²) in [6.07, 6.45) is 5.68. The van der Waals surface area contributed by atoms with E-state index in [-0.39, 0.29) is 17.3 Å². The first-order valence-corrected chi connectivity index (χ1v) is 7.20. The molecule has 0 fully saturated rings. The molecule has 2 atom stereocenters. The molecule has 2 aliphatic carbocycles. The minimum absolute atomic E-state index is 0.169. The normalized spacial score (nSPS) is 27.4. The first kappa shape index (κ1) is 12.0. The summed E-state index contributed by atoms with van der Waals surface area (Å²) in [5.41, 5.74) is 11.0. The summed E-state index contributed by atoms with van der Waals surface area (Å²) < 4.78 is 13.4. The number of pyridine rings is 1. The number of hydrogen-bond donors (Lipinski definition) is 1. The topological polar surface area (TPSA) is 38.9 Å². The Morgan fingerprint density at radius 1 is 1.20 bits per heavy atom. The zero-order valence-electron chi connectivity index (χ0n) is 11.3. The fourth-order valence-electron chi connectivity index (χ4n) is 3.98. The summed E-state index contributed by atoms with van der Waals surface area (Å²) in [6.45, 7) is 0. The van der Waals surface area contributed by atoms with E-state index < -0.39 is 0 Å². The summed E-state index contributed by atoms with van der Waals surface area (Å²) in [5, 5.41) is 0. The number of rotatable bonds is 1. The Labute approximate surface area is 117 Å². The lowest BCUT2D eigenvalue weighted by Crippen LogP contribution is -2.40. The molecule has 1 aromatic carbocycles. The van der Waals surface area contributed by atoms with Crippen molar-refractivity contribution in [3.63, 3.8) is 0 Å². The zero-order valence-corrected chi connectivity index (χ0v) is 11.3. The first-order valence-electron chi connectivity index (χ1n) is 7.20. The van der Waals surface area contributed by atoms with Gasteiger partial charge in [-0.3, -0.25) is 4.98 Å². The molecule has 2 N–H and O–H groups in total. The Hall–Kier alpha value is -1.74. The number of halogens is 1. The molecule has 1 heterocycles. The van der Waals surface area contributed by atoms with E-state index in [1.807, 2.05) is 18.3 Å². The first-order chi connectivity index (χ1) is 9.68. The average molecular weight is 268 g/mol. The van der Waals surface area contributed by atoms with Gasteiger partial charge in [0, 0.05) is 23.3 Å². The van der Waals surface area contributed by atoms with E-state index >= 15 is 0 Å². The molecule has 0 amide bonds. The van der Waals surface area contributed by atoms with E-state index in [2.05, 4.69) is 11.1 Å².